The fourth-order valence-electron chi connectivity index (χ4n) is 0.710. The molecule has 1 rings (SSSR count). The van der Waals surface area contributed by atoms with E-state index >= 15 is 0 Å². The molecule has 1 heterocycles. The van der Waals surface area contributed by atoms with Gasteiger partial charge >= 0.3 is 0 Å². The molecule has 1 aromatic heterocycles. The van der Waals surface area contributed by atoms with Crippen LogP contribution in [0.4, 0.5) is 0 Å². The van der Waals surface area contributed by atoms with E-state index in [2.05, 4.69) is 36.8 Å². The van der Waals surface area contributed by atoms with Gasteiger partial charge in [-0.3, -0.25) is 0 Å². The van der Waals surface area contributed by atoms with Crippen LogP contribution in [0.15, 0.2) is 21.3 Å². The molecule has 0 fully saturated rings. The van der Waals surface area contributed by atoms with Crippen molar-refractivity contribution in [1.29, 1.82) is 0 Å². The third kappa shape index (κ3) is 2.10. The molecule has 0 aliphatic heterocycles. The van der Waals surface area contributed by atoms with Gasteiger partial charge in [0.15, 0.2) is 0 Å². The van der Waals surface area contributed by atoms with Gasteiger partial charge in [0, 0.05) is 22.7 Å². The molecule has 0 radical (unpaired) electrons. The van der Waals surface area contributed by atoms with Gasteiger partial charge in [-0.2, -0.15) is 0 Å². The number of nitrogens with zero attached hydrogens (tertiary/aromatic N) is 1. The molecule has 0 unspecified atom stereocenters. The molecule has 0 amide bonds. The molecule has 4 heteroatoms. The Hall–Kier alpha value is -0.220. The van der Waals surface area contributed by atoms with Crippen LogP contribution < -0.4 is 0 Å². The zero-order chi connectivity index (χ0) is 8.27. The van der Waals surface area contributed by atoms with Gasteiger partial charge < -0.3 is 4.79 Å². The summed E-state index contributed by atoms with van der Waals surface area (Å²) in [6, 6.07) is 1.81. The van der Waals surface area contributed by atoms with Crippen molar-refractivity contribution >= 4 is 38.1 Å². The first-order valence-corrected chi connectivity index (χ1v) is 4.57. The van der Waals surface area contributed by atoms with Crippen molar-refractivity contribution in [2.45, 2.75) is 6.42 Å². The maximum Gasteiger partial charge on any atom is 0.124 e. The molecule has 11 heavy (non-hydrogen) atoms. The second kappa shape index (κ2) is 3.97. The lowest BCUT2D eigenvalue weighted by Gasteiger charge is -2.00. The minimum Gasteiger partial charge on any atom is -0.303 e. The summed E-state index contributed by atoms with van der Waals surface area (Å²) in [4.78, 5) is 14.2. The molecule has 58 valence electrons. The summed E-state index contributed by atoms with van der Waals surface area (Å²) in [5.74, 6) is 0. The highest BCUT2D eigenvalue weighted by Crippen LogP contribution is 2.22. The fourth-order valence-corrected chi connectivity index (χ4v) is 1.94. The Kier molecular flexibility index (Phi) is 3.20. The minimum atomic E-state index is 0.384. The van der Waals surface area contributed by atoms with E-state index in [1.807, 2.05) is 6.07 Å². The summed E-state index contributed by atoms with van der Waals surface area (Å²) in [5.41, 5.74) is 0.891. The zero-order valence-electron chi connectivity index (χ0n) is 5.55. The van der Waals surface area contributed by atoms with Gasteiger partial charge in [0.1, 0.15) is 10.9 Å². The standard InChI is InChI=1S/C7H5Br2NO/c8-6-1-3-10-7(9)5(6)2-4-11/h1,3-4H,2H2. The molecule has 0 spiro atoms. The zero-order valence-corrected chi connectivity index (χ0v) is 8.72. The summed E-state index contributed by atoms with van der Waals surface area (Å²) in [6.07, 6.45) is 2.91. The van der Waals surface area contributed by atoms with E-state index in [-0.39, 0.29) is 0 Å². The Labute approximate surface area is 81.3 Å². The molecule has 0 saturated carbocycles. The number of rotatable bonds is 2. The van der Waals surface area contributed by atoms with E-state index in [0.29, 0.717) is 6.42 Å². The van der Waals surface area contributed by atoms with Gasteiger partial charge in [-0.15, -0.1) is 0 Å². The molecule has 0 N–H and O–H groups in total. The predicted molar refractivity (Wildman–Crippen MR) is 49.4 cm³/mol. The molecular formula is C7H5Br2NO. The second-order valence-electron chi connectivity index (χ2n) is 1.93. The molecule has 0 aliphatic rings. The highest BCUT2D eigenvalue weighted by molar-refractivity contribution is 9.11. The number of aldehydes is 1. The van der Waals surface area contributed by atoms with Gasteiger partial charge in [0.2, 0.25) is 0 Å². The number of hydrogen-bond acceptors (Lipinski definition) is 2. The highest BCUT2D eigenvalue weighted by atomic mass is 79.9. The maximum absolute atomic E-state index is 10.2. The van der Waals surface area contributed by atoms with Crippen LogP contribution in [0.3, 0.4) is 0 Å². The highest BCUT2D eigenvalue weighted by Gasteiger charge is 2.03. The van der Waals surface area contributed by atoms with Crippen molar-refractivity contribution in [3.63, 3.8) is 0 Å². The van der Waals surface area contributed by atoms with Gasteiger partial charge in [0.25, 0.3) is 0 Å². The predicted octanol–water partition coefficient (Wildman–Crippen LogP) is 2.35. The van der Waals surface area contributed by atoms with Crippen LogP contribution in [-0.2, 0) is 11.2 Å². The van der Waals surface area contributed by atoms with E-state index in [0.717, 1.165) is 20.9 Å². The Balaban J connectivity index is 3.09. The number of halogens is 2. The largest absolute Gasteiger partial charge is 0.303 e. The van der Waals surface area contributed by atoms with Gasteiger partial charge in [-0.1, -0.05) is 15.9 Å². The van der Waals surface area contributed by atoms with E-state index < -0.39 is 0 Å². The summed E-state index contributed by atoms with van der Waals surface area (Å²) < 4.78 is 1.63. The summed E-state index contributed by atoms with van der Waals surface area (Å²) in [7, 11) is 0. The third-order valence-corrected chi connectivity index (χ3v) is 2.66. The Morgan fingerprint density at radius 2 is 2.27 bits per heavy atom. The number of aromatic nitrogens is 1. The first kappa shape index (κ1) is 8.87. The van der Waals surface area contributed by atoms with Crippen LogP contribution in [-0.4, -0.2) is 11.3 Å². The van der Waals surface area contributed by atoms with E-state index in [9.17, 15) is 4.79 Å². The summed E-state index contributed by atoms with van der Waals surface area (Å²) >= 11 is 6.57. The van der Waals surface area contributed by atoms with E-state index in [1.165, 1.54) is 0 Å². The van der Waals surface area contributed by atoms with Crippen molar-refractivity contribution in [1.82, 2.24) is 4.98 Å². The molecule has 0 atom stereocenters. The number of pyridine rings is 1. The topological polar surface area (TPSA) is 30.0 Å². The van der Waals surface area contributed by atoms with Crippen molar-refractivity contribution in [2.75, 3.05) is 0 Å². The maximum atomic E-state index is 10.2. The normalized spacial score (nSPS) is 9.64. The lowest BCUT2D eigenvalue weighted by Crippen LogP contribution is -1.91. The summed E-state index contributed by atoms with van der Waals surface area (Å²) in [5, 5.41) is 0. The van der Waals surface area contributed by atoms with Crippen LogP contribution in [0.5, 0.6) is 0 Å². The Morgan fingerprint density at radius 1 is 1.55 bits per heavy atom. The average molecular weight is 279 g/mol. The fraction of sp³-hybridized carbons (Fsp3) is 0.143. The van der Waals surface area contributed by atoms with Gasteiger partial charge in [0.05, 0.1) is 0 Å². The summed E-state index contributed by atoms with van der Waals surface area (Å²) in [6.45, 7) is 0. The first-order valence-electron chi connectivity index (χ1n) is 2.98. The van der Waals surface area contributed by atoms with Crippen LogP contribution in [0, 0.1) is 0 Å². The molecule has 0 saturated heterocycles. The van der Waals surface area contributed by atoms with E-state index in [1.54, 1.807) is 6.20 Å². The van der Waals surface area contributed by atoms with Crippen molar-refractivity contribution in [2.24, 2.45) is 0 Å². The molecule has 1 aromatic rings. The molecule has 0 aliphatic carbocycles. The number of carbonyl (C=O) groups excluding carboxylic acids is 1. The van der Waals surface area contributed by atoms with Gasteiger partial charge in [-0.25, -0.2) is 4.98 Å². The van der Waals surface area contributed by atoms with Crippen LogP contribution in [0.25, 0.3) is 0 Å². The average Bonchev–Trinajstić information content (AvgIpc) is 1.97. The molecule has 2 nitrogen and oxygen atoms in total. The second-order valence-corrected chi connectivity index (χ2v) is 3.54. The van der Waals surface area contributed by atoms with Crippen molar-refractivity contribution in [3.8, 4) is 0 Å². The quantitative estimate of drug-likeness (QED) is 0.614. The molecule has 0 bridgehead atoms. The Morgan fingerprint density at radius 3 is 2.82 bits per heavy atom. The number of carbonyl (C=O) groups is 1. The third-order valence-electron chi connectivity index (χ3n) is 1.23. The number of hydrogen-bond donors (Lipinski definition) is 0. The van der Waals surface area contributed by atoms with Crippen LogP contribution in [0.2, 0.25) is 0 Å². The van der Waals surface area contributed by atoms with E-state index in [4.69, 9.17) is 0 Å². The van der Waals surface area contributed by atoms with Crippen LogP contribution in [0.1, 0.15) is 5.56 Å². The van der Waals surface area contributed by atoms with Crippen LogP contribution >= 0.6 is 31.9 Å². The lowest BCUT2D eigenvalue weighted by molar-refractivity contribution is -0.107. The van der Waals surface area contributed by atoms with Crippen molar-refractivity contribution in [3.05, 3.63) is 26.9 Å². The first-order chi connectivity index (χ1) is 5.25. The monoisotopic (exact) mass is 277 g/mol. The SMILES string of the molecule is O=CCc1c(Br)ccnc1Br. The lowest BCUT2D eigenvalue weighted by atomic mass is 10.2. The smallest absolute Gasteiger partial charge is 0.124 e. The molecule has 0 aromatic carbocycles. The van der Waals surface area contributed by atoms with Gasteiger partial charge in [-0.05, 0) is 22.0 Å². The Bertz CT molecular complexity index is 255. The molecular weight excluding hydrogens is 274 g/mol. The minimum absolute atomic E-state index is 0.384. The van der Waals surface area contributed by atoms with Crippen molar-refractivity contribution < 1.29 is 4.79 Å².